The largest absolute Gasteiger partial charge is 0.501 e. The number of rotatable bonds is 6. The second-order valence-corrected chi connectivity index (χ2v) is 9.35. The number of amides is 1. The molecule has 0 aromatic heterocycles. The summed E-state index contributed by atoms with van der Waals surface area (Å²) in [6.45, 7) is 1.67. The molecule has 0 spiro atoms. The molecule has 3 rings (SSSR count). The number of sulfone groups is 1. The average molecular weight is 389 g/mol. The molecule has 1 aliphatic heterocycles. The van der Waals surface area contributed by atoms with Gasteiger partial charge in [-0.25, -0.2) is 8.42 Å². The Labute approximate surface area is 159 Å². The lowest BCUT2D eigenvalue weighted by Gasteiger charge is -2.29. The van der Waals surface area contributed by atoms with Crippen LogP contribution in [-0.4, -0.2) is 50.7 Å². The number of hydrogen-bond acceptors (Lipinski definition) is 5. The minimum absolute atomic E-state index is 0.250. The number of Topliss-reactive ketones (excluding diaryl/α,β-unsaturated/α-hetero) is 1. The van der Waals surface area contributed by atoms with Gasteiger partial charge in [0, 0.05) is 30.6 Å². The predicted octanol–water partition coefficient (Wildman–Crippen LogP) is 2.20. The van der Waals surface area contributed by atoms with Gasteiger partial charge >= 0.3 is 0 Å². The molecular formula is C20H23NO5S. The third-order valence-corrected chi connectivity index (χ3v) is 7.12. The molecule has 0 radical (unpaired) electrons. The highest BCUT2D eigenvalue weighted by molar-refractivity contribution is 7.92. The van der Waals surface area contributed by atoms with Gasteiger partial charge in [0.2, 0.25) is 5.91 Å². The predicted molar refractivity (Wildman–Crippen MR) is 102 cm³/mol. The lowest BCUT2D eigenvalue weighted by Crippen LogP contribution is -2.40. The van der Waals surface area contributed by atoms with Gasteiger partial charge in [0.15, 0.2) is 15.6 Å². The van der Waals surface area contributed by atoms with Crippen molar-refractivity contribution in [1.29, 1.82) is 0 Å². The van der Waals surface area contributed by atoms with E-state index < -0.39 is 26.8 Å². The molecule has 1 saturated heterocycles. The fourth-order valence-electron chi connectivity index (χ4n) is 3.94. The molecule has 1 aromatic carbocycles. The molecule has 2 atom stereocenters. The van der Waals surface area contributed by atoms with Crippen LogP contribution in [0.25, 0.3) is 0 Å². The van der Waals surface area contributed by atoms with E-state index >= 15 is 0 Å². The second-order valence-electron chi connectivity index (χ2n) is 7.29. The monoisotopic (exact) mass is 389 g/mol. The number of hydrogen-bond donors (Lipinski definition) is 0. The number of ketones is 1. The Morgan fingerprint density at radius 3 is 2.56 bits per heavy atom. The summed E-state index contributed by atoms with van der Waals surface area (Å²) in [6.07, 6.45) is 4.06. The Kier molecular flexibility index (Phi) is 4.99. The van der Waals surface area contributed by atoms with Crippen LogP contribution >= 0.6 is 0 Å². The van der Waals surface area contributed by atoms with E-state index in [1.54, 1.807) is 63.6 Å². The SMILES string of the molecule is COC1=CC=C2C(C1)C(C)(CS(=O)(=O)CC(=O)c1ccccc1)C(=O)N2C. The molecular weight excluding hydrogens is 366 g/mol. The zero-order valence-corrected chi connectivity index (χ0v) is 16.5. The van der Waals surface area contributed by atoms with E-state index in [-0.39, 0.29) is 17.6 Å². The molecule has 6 nitrogen and oxygen atoms in total. The lowest BCUT2D eigenvalue weighted by atomic mass is 9.76. The number of carbonyl (C=O) groups is 2. The molecule has 0 bridgehead atoms. The number of carbonyl (C=O) groups excluding carboxylic acids is 2. The van der Waals surface area contributed by atoms with Crippen molar-refractivity contribution >= 4 is 21.5 Å². The minimum atomic E-state index is -3.79. The zero-order valence-electron chi connectivity index (χ0n) is 15.6. The van der Waals surface area contributed by atoms with Gasteiger partial charge in [-0.1, -0.05) is 30.3 Å². The molecule has 7 heteroatoms. The molecule has 1 aliphatic carbocycles. The van der Waals surface area contributed by atoms with Gasteiger partial charge in [-0.05, 0) is 19.1 Å². The van der Waals surface area contributed by atoms with Crippen LogP contribution in [-0.2, 0) is 19.4 Å². The summed E-state index contributed by atoms with van der Waals surface area (Å²) in [5, 5.41) is 0. The molecule has 2 unspecified atom stereocenters. The van der Waals surface area contributed by atoms with Crippen LogP contribution in [0.1, 0.15) is 23.7 Å². The number of allylic oxidation sites excluding steroid dienone is 4. The summed E-state index contributed by atoms with van der Waals surface area (Å²) in [6, 6.07) is 8.32. The molecule has 1 fully saturated rings. The highest BCUT2D eigenvalue weighted by atomic mass is 32.2. The van der Waals surface area contributed by atoms with Crippen molar-refractivity contribution in [2.75, 3.05) is 25.7 Å². The van der Waals surface area contributed by atoms with Crippen molar-refractivity contribution in [3.63, 3.8) is 0 Å². The number of fused-ring (bicyclic) bond motifs is 1. The fourth-order valence-corrected chi connectivity index (χ4v) is 5.85. The quantitative estimate of drug-likeness (QED) is 0.697. The van der Waals surface area contributed by atoms with Gasteiger partial charge in [-0.3, -0.25) is 9.59 Å². The third-order valence-electron chi connectivity index (χ3n) is 5.38. The molecule has 2 aliphatic rings. The van der Waals surface area contributed by atoms with Gasteiger partial charge in [-0.15, -0.1) is 0 Å². The summed E-state index contributed by atoms with van der Waals surface area (Å²) >= 11 is 0. The van der Waals surface area contributed by atoms with E-state index in [4.69, 9.17) is 4.74 Å². The van der Waals surface area contributed by atoms with Gasteiger partial charge in [-0.2, -0.15) is 0 Å². The molecule has 0 saturated carbocycles. The first kappa shape index (κ1) is 19.4. The van der Waals surface area contributed by atoms with Crippen LogP contribution in [0.2, 0.25) is 0 Å². The third kappa shape index (κ3) is 3.56. The molecule has 1 aromatic rings. The van der Waals surface area contributed by atoms with Crippen LogP contribution < -0.4 is 0 Å². The Morgan fingerprint density at radius 2 is 1.93 bits per heavy atom. The Hall–Kier alpha value is -2.41. The van der Waals surface area contributed by atoms with Gasteiger partial charge in [0.05, 0.1) is 24.0 Å². The van der Waals surface area contributed by atoms with E-state index in [1.165, 1.54) is 4.90 Å². The number of ether oxygens (including phenoxy) is 1. The first-order chi connectivity index (χ1) is 12.7. The van der Waals surface area contributed by atoms with E-state index in [0.717, 1.165) is 5.70 Å². The number of methoxy groups -OCH3 is 1. The highest BCUT2D eigenvalue weighted by Gasteiger charge is 2.55. The highest BCUT2D eigenvalue weighted by Crippen LogP contribution is 2.48. The van der Waals surface area contributed by atoms with Crippen molar-refractivity contribution in [3.05, 3.63) is 59.5 Å². The maximum atomic E-state index is 12.9. The van der Waals surface area contributed by atoms with Crippen LogP contribution in [0, 0.1) is 11.3 Å². The maximum Gasteiger partial charge on any atom is 0.234 e. The second kappa shape index (κ2) is 6.96. The smallest absolute Gasteiger partial charge is 0.234 e. The molecule has 1 amide bonds. The van der Waals surface area contributed by atoms with Crippen molar-refractivity contribution in [2.45, 2.75) is 13.3 Å². The summed E-state index contributed by atoms with van der Waals surface area (Å²) in [7, 11) is -0.581. The molecule has 1 heterocycles. The first-order valence-corrected chi connectivity index (χ1v) is 10.5. The van der Waals surface area contributed by atoms with E-state index in [9.17, 15) is 18.0 Å². The summed E-state index contributed by atoms with van der Waals surface area (Å²) in [5.41, 5.74) is 0.00543. The standard InChI is InChI=1S/C20H23NO5S/c1-20(13-27(24,25)12-18(22)14-7-5-4-6-8-14)16-11-15(26-3)9-10-17(16)21(2)19(20)23/h4-10,16H,11-13H2,1-3H3. The van der Waals surface area contributed by atoms with Crippen molar-refractivity contribution < 1.29 is 22.7 Å². The number of nitrogens with zero attached hydrogens (tertiary/aromatic N) is 1. The molecule has 27 heavy (non-hydrogen) atoms. The Balaban J connectivity index is 1.84. The topological polar surface area (TPSA) is 80.8 Å². The van der Waals surface area contributed by atoms with Crippen LogP contribution in [0.3, 0.4) is 0 Å². The van der Waals surface area contributed by atoms with Gasteiger partial charge < -0.3 is 9.64 Å². The zero-order chi connectivity index (χ0) is 19.8. The maximum absolute atomic E-state index is 12.9. The molecule has 0 N–H and O–H groups in total. The van der Waals surface area contributed by atoms with E-state index in [2.05, 4.69) is 0 Å². The van der Waals surface area contributed by atoms with Gasteiger partial charge in [0.1, 0.15) is 5.75 Å². The fraction of sp³-hybridized carbons (Fsp3) is 0.400. The average Bonchev–Trinajstić information content (AvgIpc) is 2.82. The van der Waals surface area contributed by atoms with Crippen molar-refractivity contribution in [3.8, 4) is 0 Å². The van der Waals surface area contributed by atoms with E-state index in [1.807, 2.05) is 0 Å². The summed E-state index contributed by atoms with van der Waals surface area (Å²) < 4.78 is 30.9. The number of likely N-dealkylation sites (tertiary alicyclic amines) is 1. The Morgan fingerprint density at radius 1 is 1.26 bits per heavy atom. The normalized spacial score (nSPS) is 24.9. The lowest BCUT2D eigenvalue weighted by molar-refractivity contribution is -0.133. The van der Waals surface area contributed by atoms with Crippen LogP contribution in [0.15, 0.2) is 53.9 Å². The summed E-state index contributed by atoms with van der Waals surface area (Å²) in [5.74, 6) is -1.29. The number of benzene rings is 1. The van der Waals surface area contributed by atoms with Gasteiger partial charge in [0.25, 0.3) is 0 Å². The van der Waals surface area contributed by atoms with Crippen molar-refractivity contribution in [2.24, 2.45) is 11.3 Å². The van der Waals surface area contributed by atoms with Crippen LogP contribution in [0.5, 0.6) is 0 Å². The van der Waals surface area contributed by atoms with Crippen molar-refractivity contribution in [1.82, 2.24) is 4.90 Å². The first-order valence-electron chi connectivity index (χ1n) is 8.69. The van der Waals surface area contributed by atoms with E-state index in [0.29, 0.717) is 17.7 Å². The summed E-state index contributed by atoms with van der Waals surface area (Å²) in [4.78, 5) is 26.8. The minimum Gasteiger partial charge on any atom is -0.501 e. The molecule has 144 valence electrons. The van der Waals surface area contributed by atoms with Crippen LogP contribution in [0.4, 0.5) is 0 Å². The Bertz CT molecular complexity index is 932.